The lowest BCUT2D eigenvalue weighted by Gasteiger charge is -2.56. The molecule has 25 heavy (non-hydrogen) atoms. The molecule has 1 heterocycles. The molecule has 0 N–H and O–H groups in total. The van der Waals surface area contributed by atoms with Gasteiger partial charge in [-0.25, -0.2) is 0 Å². The van der Waals surface area contributed by atoms with Crippen molar-refractivity contribution in [1.29, 1.82) is 0 Å². The molecule has 0 radical (unpaired) electrons. The second-order valence-corrected chi connectivity index (χ2v) is 9.89. The Labute approximate surface area is 153 Å². The molecule has 1 saturated heterocycles. The summed E-state index contributed by atoms with van der Waals surface area (Å²) >= 11 is 0. The monoisotopic (exact) mass is 342 g/mol. The Morgan fingerprint density at radius 3 is 2.52 bits per heavy atom. The third kappa shape index (κ3) is 2.16. The van der Waals surface area contributed by atoms with E-state index in [-0.39, 0.29) is 5.79 Å². The molecule has 0 unspecified atom stereocenters. The molecular formula is C23H34O2. The van der Waals surface area contributed by atoms with Gasteiger partial charge in [-0.15, -0.1) is 0 Å². The number of allylic oxidation sites excluding steroid dienone is 3. The van der Waals surface area contributed by atoms with Crippen LogP contribution in [0.3, 0.4) is 0 Å². The summed E-state index contributed by atoms with van der Waals surface area (Å²) in [5.41, 5.74) is 4.31. The molecular weight excluding hydrogens is 308 g/mol. The van der Waals surface area contributed by atoms with Crippen LogP contribution in [0.1, 0.15) is 72.1 Å². The molecule has 2 heteroatoms. The summed E-state index contributed by atoms with van der Waals surface area (Å²) in [4.78, 5) is 0. The van der Waals surface area contributed by atoms with E-state index in [2.05, 4.69) is 32.9 Å². The van der Waals surface area contributed by atoms with Crippen molar-refractivity contribution in [3.8, 4) is 0 Å². The van der Waals surface area contributed by atoms with Crippen LogP contribution in [0.15, 0.2) is 23.3 Å². The Morgan fingerprint density at radius 2 is 1.76 bits per heavy atom. The van der Waals surface area contributed by atoms with Crippen LogP contribution in [0, 0.1) is 28.6 Å². The van der Waals surface area contributed by atoms with Crippen molar-refractivity contribution in [2.45, 2.75) is 77.9 Å². The van der Waals surface area contributed by atoms with E-state index in [1.165, 1.54) is 38.5 Å². The summed E-state index contributed by atoms with van der Waals surface area (Å²) in [6.07, 6.45) is 15.3. The average Bonchev–Trinajstić information content (AvgIpc) is 3.19. The van der Waals surface area contributed by atoms with Crippen LogP contribution < -0.4 is 0 Å². The molecule has 0 aromatic rings. The van der Waals surface area contributed by atoms with Gasteiger partial charge in [-0.05, 0) is 60.7 Å². The van der Waals surface area contributed by atoms with Crippen molar-refractivity contribution in [1.82, 2.24) is 0 Å². The van der Waals surface area contributed by atoms with E-state index in [0.29, 0.717) is 10.8 Å². The highest BCUT2D eigenvalue weighted by Crippen LogP contribution is 2.66. The molecule has 4 aliphatic carbocycles. The summed E-state index contributed by atoms with van der Waals surface area (Å²) in [7, 11) is 0. The highest BCUT2D eigenvalue weighted by molar-refractivity contribution is 5.39. The number of ether oxygens (including phenoxy) is 2. The van der Waals surface area contributed by atoms with Crippen LogP contribution in [-0.2, 0) is 9.47 Å². The Bertz CT molecular complexity index is 626. The lowest BCUT2D eigenvalue weighted by molar-refractivity contribution is -0.179. The SMILES string of the molecule is CC[C@H]1CC[C@H]2C3=CC=C4CC5(CC[C@]4(C)[C@H]3CC[C@]12C)OCCO5. The summed E-state index contributed by atoms with van der Waals surface area (Å²) in [5.74, 6) is 2.24. The van der Waals surface area contributed by atoms with Gasteiger partial charge < -0.3 is 9.47 Å². The molecule has 4 fully saturated rings. The molecule has 3 saturated carbocycles. The first-order valence-electron chi connectivity index (χ1n) is 10.7. The maximum Gasteiger partial charge on any atom is 0.172 e. The van der Waals surface area contributed by atoms with E-state index in [1.54, 1.807) is 11.1 Å². The van der Waals surface area contributed by atoms with Crippen LogP contribution in [0.25, 0.3) is 0 Å². The van der Waals surface area contributed by atoms with E-state index >= 15 is 0 Å². The molecule has 1 spiro atoms. The highest BCUT2D eigenvalue weighted by atomic mass is 16.7. The van der Waals surface area contributed by atoms with Gasteiger partial charge in [0.25, 0.3) is 0 Å². The van der Waals surface area contributed by atoms with Gasteiger partial charge in [0.1, 0.15) is 0 Å². The van der Waals surface area contributed by atoms with Crippen molar-refractivity contribution in [3.05, 3.63) is 23.3 Å². The van der Waals surface area contributed by atoms with E-state index in [1.807, 2.05) is 0 Å². The Kier molecular flexibility index (Phi) is 3.61. The highest BCUT2D eigenvalue weighted by Gasteiger charge is 2.57. The average molecular weight is 343 g/mol. The lowest BCUT2D eigenvalue weighted by atomic mass is 9.50. The van der Waals surface area contributed by atoms with Gasteiger partial charge >= 0.3 is 0 Å². The largest absolute Gasteiger partial charge is 0.347 e. The number of fused-ring (bicyclic) bond motifs is 5. The summed E-state index contributed by atoms with van der Waals surface area (Å²) < 4.78 is 12.1. The van der Waals surface area contributed by atoms with Crippen molar-refractivity contribution in [2.75, 3.05) is 13.2 Å². The smallest absolute Gasteiger partial charge is 0.172 e. The van der Waals surface area contributed by atoms with Crippen molar-refractivity contribution in [3.63, 3.8) is 0 Å². The minimum atomic E-state index is -0.291. The van der Waals surface area contributed by atoms with Gasteiger partial charge in [-0.3, -0.25) is 0 Å². The van der Waals surface area contributed by atoms with Gasteiger partial charge in [0, 0.05) is 12.8 Å². The molecule has 5 aliphatic rings. The Hall–Kier alpha value is -0.600. The fourth-order valence-electron chi connectivity index (χ4n) is 7.47. The van der Waals surface area contributed by atoms with E-state index in [9.17, 15) is 0 Å². The van der Waals surface area contributed by atoms with E-state index in [0.717, 1.165) is 43.8 Å². The molecule has 0 aromatic heterocycles. The van der Waals surface area contributed by atoms with Crippen LogP contribution >= 0.6 is 0 Å². The molecule has 5 rings (SSSR count). The second kappa shape index (κ2) is 5.45. The first kappa shape index (κ1) is 16.6. The van der Waals surface area contributed by atoms with Gasteiger partial charge in [-0.1, -0.05) is 50.5 Å². The van der Waals surface area contributed by atoms with Gasteiger partial charge in [-0.2, -0.15) is 0 Å². The Morgan fingerprint density at radius 1 is 0.960 bits per heavy atom. The first-order valence-corrected chi connectivity index (χ1v) is 10.7. The summed E-state index contributed by atoms with van der Waals surface area (Å²) in [6.45, 7) is 9.10. The Balaban J connectivity index is 1.49. The zero-order chi connectivity index (χ0) is 17.3. The van der Waals surface area contributed by atoms with Gasteiger partial charge in [0.15, 0.2) is 5.79 Å². The number of rotatable bonds is 1. The van der Waals surface area contributed by atoms with Crippen LogP contribution in [0.5, 0.6) is 0 Å². The fourth-order valence-corrected chi connectivity index (χ4v) is 7.47. The fraction of sp³-hybridized carbons (Fsp3) is 0.826. The predicted octanol–water partition coefficient (Wildman–Crippen LogP) is 5.64. The second-order valence-electron chi connectivity index (χ2n) is 9.89. The maximum absolute atomic E-state index is 6.04. The van der Waals surface area contributed by atoms with Crippen LogP contribution in [-0.4, -0.2) is 19.0 Å². The molecule has 5 atom stereocenters. The van der Waals surface area contributed by atoms with Crippen molar-refractivity contribution >= 4 is 0 Å². The molecule has 1 aliphatic heterocycles. The van der Waals surface area contributed by atoms with Crippen LogP contribution in [0.4, 0.5) is 0 Å². The zero-order valence-corrected chi connectivity index (χ0v) is 16.3. The molecule has 0 bridgehead atoms. The predicted molar refractivity (Wildman–Crippen MR) is 100 cm³/mol. The van der Waals surface area contributed by atoms with Gasteiger partial charge in [0.2, 0.25) is 0 Å². The third-order valence-electron chi connectivity index (χ3n) is 9.08. The number of hydrogen-bond donors (Lipinski definition) is 0. The van der Waals surface area contributed by atoms with Crippen molar-refractivity contribution in [2.24, 2.45) is 28.6 Å². The van der Waals surface area contributed by atoms with Crippen LogP contribution in [0.2, 0.25) is 0 Å². The first-order chi connectivity index (χ1) is 12.0. The normalized spacial score (nSPS) is 47.7. The minimum Gasteiger partial charge on any atom is -0.347 e. The number of hydrogen-bond acceptors (Lipinski definition) is 2. The quantitative estimate of drug-likeness (QED) is 0.614. The standard InChI is InChI=1S/C23H34O2/c1-4-16-6-8-19-18-7-5-17-15-23(24-13-14-25-23)12-11-22(17,3)20(18)9-10-21(16,19)2/h5,7,16,19-20H,4,6,8-15H2,1-3H3/t16-,19-,20-,21+,22-/m0/s1. The van der Waals surface area contributed by atoms with E-state index in [4.69, 9.17) is 9.47 Å². The third-order valence-corrected chi connectivity index (χ3v) is 9.08. The van der Waals surface area contributed by atoms with E-state index < -0.39 is 0 Å². The summed E-state index contributed by atoms with van der Waals surface area (Å²) in [5, 5.41) is 0. The molecule has 0 aromatic carbocycles. The topological polar surface area (TPSA) is 18.5 Å². The van der Waals surface area contributed by atoms with Gasteiger partial charge in [0.05, 0.1) is 13.2 Å². The van der Waals surface area contributed by atoms with Crippen molar-refractivity contribution < 1.29 is 9.47 Å². The molecule has 2 nitrogen and oxygen atoms in total. The molecule has 0 amide bonds. The lowest BCUT2D eigenvalue weighted by Crippen LogP contribution is -2.48. The minimum absolute atomic E-state index is 0.291. The zero-order valence-electron chi connectivity index (χ0n) is 16.3. The maximum atomic E-state index is 6.04. The summed E-state index contributed by atoms with van der Waals surface area (Å²) in [6, 6.07) is 0. The molecule has 138 valence electrons.